The van der Waals surface area contributed by atoms with E-state index in [-0.39, 0.29) is 5.91 Å². The summed E-state index contributed by atoms with van der Waals surface area (Å²) in [6.45, 7) is 2.55. The average molecular weight is 251 g/mol. The van der Waals surface area contributed by atoms with Crippen molar-refractivity contribution in [3.8, 4) is 0 Å². The van der Waals surface area contributed by atoms with Crippen molar-refractivity contribution in [1.82, 2.24) is 9.88 Å². The monoisotopic (exact) mass is 251 g/mol. The van der Waals surface area contributed by atoms with Crippen molar-refractivity contribution in [2.75, 3.05) is 31.6 Å². The molecule has 0 radical (unpaired) electrons. The van der Waals surface area contributed by atoms with Gasteiger partial charge < -0.3 is 15.0 Å². The Morgan fingerprint density at radius 3 is 2.88 bits per heavy atom. The van der Waals surface area contributed by atoms with Crippen molar-refractivity contribution >= 4 is 28.8 Å². The molecule has 1 saturated heterocycles. The standard InChI is InChI=1S/C11H13N3O2S/c15-10(13-9-2-1-3-12-8-9)11(17)14-4-6-16-7-5-14/h1-3,8H,4-7H2,(H,13,15). The van der Waals surface area contributed by atoms with Gasteiger partial charge in [-0.05, 0) is 12.1 Å². The number of carbonyl (C=O) groups excluding carboxylic acids is 1. The van der Waals surface area contributed by atoms with Crippen molar-refractivity contribution in [2.45, 2.75) is 0 Å². The van der Waals surface area contributed by atoms with Gasteiger partial charge in [0.15, 0.2) is 4.99 Å². The molecule has 90 valence electrons. The second-order valence-corrected chi connectivity index (χ2v) is 3.99. The first-order valence-electron chi connectivity index (χ1n) is 5.35. The molecule has 0 saturated carbocycles. The van der Waals surface area contributed by atoms with E-state index in [4.69, 9.17) is 17.0 Å². The van der Waals surface area contributed by atoms with Crippen LogP contribution < -0.4 is 5.32 Å². The third-order valence-electron chi connectivity index (χ3n) is 2.41. The summed E-state index contributed by atoms with van der Waals surface area (Å²) in [6.07, 6.45) is 3.23. The van der Waals surface area contributed by atoms with Crippen LogP contribution in [0.2, 0.25) is 0 Å². The van der Waals surface area contributed by atoms with Gasteiger partial charge >= 0.3 is 0 Å². The molecular weight excluding hydrogens is 238 g/mol. The summed E-state index contributed by atoms with van der Waals surface area (Å²) in [7, 11) is 0. The minimum Gasteiger partial charge on any atom is -0.378 e. The van der Waals surface area contributed by atoms with E-state index in [1.165, 1.54) is 0 Å². The van der Waals surface area contributed by atoms with E-state index in [0.29, 0.717) is 37.0 Å². The molecule has 1 amide bonds. The number of rotatable bonds is 1. The maximum absolute atomic E-state index is 11.8. The summed E-state index contributed by atoms with van der Waals surface area (Å²) in [5.41, 5.74) is 0.646. The zero-order valence-electron chi connectivity index (χ0n) is 9.26. The molecule has 0 spiro atoms. The van der Waals surface area contributed by atoms with Gasteiger partial charge in [-0.2, -0.15) is 0 Å². The fourth-order valence-electron chi connectivity index (χ4n) is 1.53. The van der Waals surface area contributed by atoms with Gasteiger partial charge in [-0.25, -0.2) is 0 Å². The minimum absolute atomic E-state index is 0.269. The molecule has 1 N–H and O–H groups in total. The number of pyridine rings is 1. The third-order valence-corrected chi connectivity index (χ3v) is 2.86. The number of nitrogens with one attached hydrogen (secondary N) is 1. The van der Waals surface area contributed by atoms with Crippen molar-refractivity contribution in [1.29, 1.82) is 0 Å². The number of anilines is 1. The SMILES string of the molecule is O=C(Nc1cccnc1)C(=S)N1CCOCC1. The van der Waals surface area contributed by atoms with Crippen LogP contribution in [0.25, 0.3) is 0 Å². The fourth-order valence-corrected chi connectivity index (χ4v) is 1.76. The van der Waals surface area contributed by atoms with Crippen LogP contribution in [-0.4, -0.2) is 47.1 Å². The Morgan fingerprint density at radius 2 is 2.24 bits per heavy atom. The van der Waals surface area contributed by atoms with Crippen LogP contribution in [0.15, 0.2) is 24.5 Å². The lowest BCUT2D eigenvalue weighted by molar-refractivity contribution is -0.111. The van der Waals surface area contributed by atoms with Gasteiger partial charge in [-0.1, -0.05) is 12.2 Å². The second kappa shape index (κ2) is 5.70. The summed E-state index contributed by atoms with van der Waals surface area (Å²) < 4.78 is 5.20. The highest BCUT2D eigenvalue weighted by Gasteiger charge is 2.19. The lowest BCUT2D eigenvalue weighted by atomic mass is 10.3. The summed E-state index contributed by atoms with van der Waals surface area (Å²) in [6, 6.07) is 3.53. The Bertz CT molecular complexity index is 404. The summed E-state index contributed by atoms with van der Waals surface area (Å²) in [5.74, 6) is -0.269. The Morgan fingerprint density at radius 1 is 1.47 bits per heavy atom. The van der Waals surface area contributed by atoms with Crippen LogP contribution in [-0.2, 0) is 9.53 Å². The molecule has 0 aliphatic carbocycles. The average Bonchev–Trinajstić information content (AvgIpc) is 2.40. The van der Waals surface area contributed by atoms with Gasteiger partial charge in [-0.3, -0.25) is 9.78 Å². The first-order valence-corrected chi connectivity index (χ1v) is 5.76. The molecule has 0 atom stereocenters. The highest BCUT2D eigenvalue weighted by molar-refractivity contribution is 7.82. The maximum Gasteiger partial charge on any atom is 0.283 e. The first-order chi connectivity index (χ1) is 8.27. The molecule has 0 bridgehead atoms. The molecule has 2 rings (SSSR count). The summed E-state index contributed by atoms with van der Waals surface area (Å²) in [4.78, 5) is 17.9. The predicted octanol–water partition coefficient (Wildman–Crippen LogP) is 0.680. The summed E-state index contributed by atoms with van der Waals surface area (Å²) >= 11 is 5.13. The fraction of sp³-hybridized carbons (Fsp3) is 0.364. The molecule has 6 heteroatoms. The molecule has 2 heterocycles. The molecule has 0 aromatic carbocycles. The summed E-state index contributed by atoms with van der Waals surface area (Å²) in [5, 5.41) is 2.71. The smallest absolute Gasteiger partial charge is 0.283 e. The maximum atomic E-state index is 11.8. The molecule has 5 nitrogen and oxygen atoms in total. The number of amides is 1. The highest BCUT2D eigenvalue weighted by atomic mass is 32.1. The topological polar surface area (TPSA) is 54.5 Å². The number of ether oxygens (including phenoxy) is 1. The Labute approximate surface area is 105 Å². The van der Waals surface area contributed by atoms with E-state index < -0.39 is 0 Å². The number of aromatic nitrogens is 1. The van der Waals surface area contributed by atoms with E-state index in [1.54, 1.807) is 24.5 Å². The van der Waals surface area contributed by atoms with Crippen LogP contribution in [0.3, 0.4) is 0 Å². The van der Waals surface area contributed by atoms with E-state index in [9.17, 15) is 4.79 Å². The molecule has 1 aromatic heterocycles. The van der Waals surface area contributed by atoms with Gasteiger partial charge in [0.1, 0.15) is 0 Å². The van der Waals surface area contributed by atoms with Gasteiger partial charge in [0, 0.05) is 19.3 Å². The lowest BCUT2D eigenvalue weighted by Crippen LogP contribution is -2.44. The van der Waals surface area contributed by atoms with Crippen molar-refractivity contribution < 1.29 is 9.53 Å². The van der Waals surface area contributed by atoms with Crippen molar-refractivity contribution in [2.24, 2.45) is 0 Å². The number of nitrogens with zero attached hydrogens (tertiary/aromatic N) is 2. The molecular formula is C11H13N3O2S. The van der Waals surface area contributed by atoms with Crippen molar-refractivity contribution in [3.63, 3.8) is 0 Å². The normalized spacial score (nSPS) is 15.4. The van der Waals surface area contributed by atoms with E-state index in [0.717, 1.165) is 0 Å². The van der Waals surface area contributed by atoms with Crippen molar-refractivity contribution in [3.05, 3.63) is 24.5 Å². The number of thiocarbonyl (C=S) groups is 1. The van der Waals surface area contributed by atoms with E-state index in [1.807, 2.05) is 4.90 Å². The molecule has 1 fully saturated rings. The first kappa shape index (κ1) is 11.9. The quantitative estimate of drug-likeness (QED) is 0.744. The Hall–Kier alpha value is -1.53. The van der Waals surface area contributed by atoms with Crippen LogP contribution in [0.1, 0.15) is 0 Å². The minimum atomic E-state index is -0.269. The Balaban J connectivity index is 1.93. The molecule has 1 aliphatic rings. The third kappa shape index (κ3) is 3.21. The predicted molar refractivity (Wildman–Crippen MR) is 67.9 cm³/mol. The van der Waals surface area contributed by atoms with Gasteiger partial charge in [-0.15, -0.1) is 0 Å². The number of morpholine rings is 1. The number of hydrogen-bond donors (Lipinski definition) is 1. The van der Waals surface area contributed by atoms with Gasteiger partial charge in [0.05, 0.1) is 25.1 Å². The number of carbonyl (C=O) groups is 1. The molecule has 0 unspecified atom stereocenters. The van der Waals surface area contributed by atoms with Crippen LogP contribution >= 0.6 is 12.2 Å². The van der Waals surface area contributed by atoms with Crippen LogP contribution in [0.5, 0.6) is 0 Å². The lowest BCUT2D eigenvalue weighted by Gasteiger charge is -2.28. The molecule has 1 aliphatic heterocycles. The van der Waals surface area contributed by atoms with Gasteiger partial charge in [0.25, 0.3) is 5.91 Å². The van der Waals surface area contributed by atoms with E-state index in [2.05, 4.69) is 10.3 Å². The van der Waals surface area contributed by atoms with Gasteiger partial charge in [0.2, 0.25) is 0 Å². The molecule has 17 heavy (non-hydrogen) atoms. The highest BCUT2D eigenvalue weighted by Crippen LogP contribution is 2.05. The zero-order chi connectivity index (χ0) is 12.1. The Kier molecular flexibility index (Phi) is 4.00. The number of hydrogen-bond acceptors (Lipinski definition) is 4. The largest absolute Gasteiger partial charge is 0.378 e. The zero-order valence-corrected chi connectivity index (χ0v) is 10.1. The second-order valence-electron chi connectivity index (χ2n) is 3.60. The molecule has 1 aromatic rings. The van der Waals surface area contributed by atoms with Crippen LogP contribution in [0.4, 0.5) is 5.69 Å². The van der Waals surface area contributed by atoms with Crippen LogP contribution in [0, 0.1) is 0 Å². The van der Waals surface area contributed by atoms with E-state index >= 15 is 0 Å².